The molecule has 1 aromatic heterocycles. The first-order chi connectivity index (χ1) is 12.1. The quantitative estimate of drug-likeness (QED) is 0.732. The zero-order valence-corrected chi connectivity index (χ0v) is 14.8. The molecule has 2 unspecified atom stereocenters. The van der Waals surface area contributed by atoms with Gasteiger partial charge in [0.25, 0.3) is 5.56 Å². The van der Waals surface area contributed by atoms with E-state index >= 15 is 0 Å². The summed E-state index contributed by atoms with van der Waals surface area (Å²) in [6, 6.07) is 16.9. The van der Waals surface area contributed by atoms with Gasteiger partial charge < -0.3 is 10.3 Å². The third kappa shape index (κ3) is 2.89. The van der Waals surface area contributed by atoms with E-state index in [4.69, 9.17) is 0 Å². The van der Waals surface area contributed by atoms with E-state index in [1.165, 1.54) is 16.7 Å². The van der Waals surface area contributed by atoms with Crippen molar-refractivity contribution >= 4 is 10.8 Å². The fraction of sp³-hybridized carbons (Fsp3) is 0.318. The van der Waals surface area contributed by atoms with Crippen LogP contribution < -0.4 is 10.9 Å². The van der Waals surface area contributed by atoms with Gasteiger partial charge in [-0.2, -0.15) is 0 Å². The first kappa shape index (κ1) is 16.1. The van der Waals surface area contributed by atoms with Crippen LogP contribution in [0.4, 0.5) is 0 Å². The summed E-state index contributed by atoms with van der Waals surface area (Å²) in [4.78, 5) is 16.0. The van der Waals surface area contributed by atoms with Gasteiger partial charge in [0, 0.05) is 28.6 Å². The second-order valence-electron chi connectivity index (χ2n) is 7.18. The molecule has 1 saturated heterocycles. The van der Waals surface area contributed by atoms with E-state index in [0.29, 0.717) is 12.0 Å². The van der Waals surface area contributed by atoms with Gasteiger partial charge in [-0.25, -0.2) is 0 Å². The number of nitrogens with one attached hydrogen (secondary N) is 2. The van der Waals surface area contributed by atoms with Crippen molar-refractivity contribution in [1.29, 1.82) is 0 Å². The minimum atomic E-state index is 0.0223. The first-order valence-electron chi connectivity index (χ1n) is 9.09. The number of benzene rings is 2. The lowest BCUT2D eigenvalue weighted by molar-refractivity contribution is 0.377. The Kier molecular flexibility index (Phi) is 4.18. The zero-order valence-electron chi connectivity index (χ0n) is 14.8. The van der Waals surface area contributed by atoms with Gasteiger partial charge in [0.05, 0.1) is 0 Å². The van der Waals surface area contributed by atoms with Crippen LogP contribution in [0.1, 0.15) is 36.9 Å². The Hall–Kier alpha value is -2.39. The molecule has 1 aliphatic rings. The van der Waals surface area contributed by atoms with Gasteiger partial charge in [-0.05, 0) is 55.8 Å². The number of hydrogen-bond acceptors (Lipinski definition) is 2. The number of pyridine rings is 1. The highest BCUT2D eigenvalue weighted by Crippen LogP contribution is 2.38. The number of rotatable bonds is 2. The SMILES string of the molecule is Cc1ccccc1-c1c(C2CCNC(C)C2)[nH]c(=O)c2ccccc12. The van der Waals surface area contributed by atoms with Crippen molar-refractivity contribution in [2.24, 2.45) is 0 Å². The van der Waals surface area contributed by atoms with Crippen LogP contribution in [0.25, 0.3) is 21.9 Å². The molecule has 3 nitrogen and oxygen atoms in total. The van der Waals surface area contributed by atoms with Crippen LogP contribution in [0.3, 0.4) is 0 Å². The lowest BCUT2D eigenvalue weighted by atomic mass is 9.83. The highest BCUT2D eigenvalue weighted by atomic mass is 16.1. The number of piperidine rings is 1. The molecule has 25 heavy (non-hydrogen) atoms. The summed E-state index contributed by atoms with van der Waals surface area (Å²) in [6.07, 6.45) is 2.10. The predicted octanol–water partition coefficient (Wildman–Crippen LogP) is 4.36. The Labute approximate surface area is 148 Å². The molecular weight excluding hydrogens is 308 g/mol. The van der Waals surface area contributed by atoms with E-state index in [-0.39, 0.29) is 5.56 Å². The van der Waals surface area contributed by atoms with Gasteiger partial charge in [-0.15, -0.1) is 0 Å². The molecule has 2 N–H and O–H groups in total. The molecule has 4 rings (SSSR count). The normalized spacial score (nSPS) is 20.7. The maximum absolute atomic E-state index is 12.7. The van der Waals surface area contributed by atoms with Gasteiger partial charge >= 0.3 is 0 Å². The lowest BCUT2D eigenvalue weighted by Gasteiger charge is -2.30. The van der Waals surface area contributed by atoms with Crippen LogP contribution in [0, 0.1) is 6.92 Å². The minimum Gasteiger partial charge on any atom is -0.325 e. The molecule has 0 spiro atoms. The molecule has 1 aliphatic heterocycles. The van der Waals surface area contributed by atoms with Gasteiger partial charge in [0.2, 0.25) is 0 Å². The number of fused-ring (bicyclic) bond motifs is 1. The molecule has 2 heterocycles. The van der Waals surface area contributed by atoms with Gasteiger partial charge in [-0.3, -0.25) is 4.79 Å². The summed E-state index contributed by atoms with van der Waals surface area (Å²) in [7, 11) is 0. The molecule has 0 aliphatic carbocycles. The lowest BCUT2D eigenvalue weighted by Crippen LogP contribution is -2.35. The predicted molar refractivity (Wildman–Crippen MR) is 104 cm³/mol. The topological polar surface area (TPSA) is 44.9 Å². The number of hydrogen-bond donors (Lipinski definition) is 2. The van der Waals surface area contributed by atoms with E-state index < -0.39 is 0 Å². The zero-order chi connectivity index (χ0) is 17.4. The third-order valence-corrected chi connectivity index (χ3v) is 5.40. The summed E-state index contributed by atoms with van der Waals surface area (Å²) in [5.41, 5.74) is 4.78. The first-order valence-corrected chi connectivity index (χ1v) is 9.09. The minimum absolute atomic E-state index is 0.0223. The maximum atomic E-state index is 12.7. The van der Waals surface area contributed by atoms with Gasteiger partial charge in [0.1, 0.15) is 0 Å². The molecule has 3 aromatic rings. The van der Waals surface area contributed by atoms with E-state index in [1.807, 2.05) is 18.2 Å². The molecule has 1 fully saturated rings. The Morgan fingerprint density at radius 2 is 1.72 bits per heavy atom. The fourth-order valence-electron chi connectivity index (χ4n) is 4.14. The van der Waals surface area contributed by atoms with Crippen molar-refractivity contribution in [3.05, 3.63) is 70.1 Å². The standard InChI is InChI=1S/C22H24N2O/c1-14-7-3-4-8-17(14)20-18-9-5-6-10-19(18)22(25)24-21(20)16-11-12-23-15(2)13-16/h3-10,15-16,23H,11-13H2,1-2H3,(H,24,25). The summed E-state index contributed by atoms with van der Waals surface area (Å²) in [5.74, 6) is 0.378. The van der Waals surface area contributed by atoms with E-state index in [0.717, 1.165) is 35.9 Å². The molecule has 3 heteroatoms. The Bertz CT molecular complexity index is 973. The summed E-state index contributed by atoms with van der Waals surface area (Å²) < 4.78 is 0. The molecule has 0 bridgehead atoms. The molecule has 0 saturated carbocycles. The van der Waals surface area contributed by atoms with Crippen LogP contribution in [-0.2, 0) is 0 Å². The molecule has 2 atom stereocenters. The van der Waals surface area contributed by atoms with Crippen LogP contribution in [0.5, 0.6) is 0 Å². The second-order valence-corrected chi connectivity index (χ2v) is 7.18. The largest absolute Gasteiger partial charge is 0.325 e. The number of aromatic amines is 1. The fourth-order valence-corrected chi connectivity index (χ4v) is 4.14. The Balaban J connectivity index is 2.03. The Morgan fingerprint density at radius 1 is 1.00 bits per heavy atom. The highest BCUT2D eigenvalue weighted by Gasteiger charge is 2.25. The molecular formula is C22H24N2O. The van der Waals surface area contributed by atoms with Gasteiger partial charge in [-0.1, -0.05) is 42.5 Å². The van der Waals surface area contributed by atoms with Crippen molar-refractivity contribution in [1.82, 2.24) is 10.3 Å². The molecule has 2 aromatic carbocycles. The van der Waals surface area contributed by atoms with Crippen LogP contribution >= 0.6 is 0 Å². The van der Waals surface area contributed by atoms with Crippen LogP contribution in [0.15, 0.2) is 53.3 Å². The van der Waals surface area contributed by atoms with Crippen molar-refractivity contribution in [2.75, 3.05) is 6.54 Å². The smallest absolute Gasteiger partial charge is 0.256 e. The number of aromatic nitrogens is 1. The molecule has 0 amide bonds. The average Bonchev–Trinajstić information content (AvgIpc) is 2.63. The number of aryl methyl sites for hydroxylation is 1. The third-order valence-electron chi connectivity index (χ3n) is 5.40. The second kappa shape index (κ2) is 6.49. The van der Waals surface area contributed by atoms with Crippen LogP contribution in [0.2, 0.25) is 0 Å². The highest BCUT2D eigenvalue weighted by molar-refractivity contribution is 5.98. The van der Waals surface area contributed by atoms with E-state index in [2.05, 4.69) is 54.5 Å². The van der Waals surface area contributed by atoms with E-state index in [1.54, 1.807) is 0 Å². The van der Waals surface area contributed by atoms with Crippen molar-refractivity contribution in [3.63, 3.8) is 0 Å². The number of H-pyrrole nitrogens is 1. The summed E-state index contributed by atoms with van der Waals surface area (Å²) >= 11 is 0. The average molecular weight is 332 g/mol. The summed E-state index contributed by atoms with van der Waals surface area (Å²) in [5, 5.41) is 5.34. The molecule has 0 radical (unpaired) electrons. The van der Waals surface area contributed by atoms with Crippen molar-refractivity contribution < 1.29 is 0 Å². The molecule has 128 valence electrons. The van der Waals surface area contributed by atoms with Gasteiger partial charge in [0.15, 0.2) is 0 Å². The van der Waals surface area contributed by atoms with Crippen molar-refractivity contribution in [2.45, 2.75) is 38.6 Å². The summed E-state index contributed by atoms with van der Waals surface area (Å²) in [6.45, 7) is 5.36. The van der Waals surface area contributed by atoms with Crippen molar-refractivity contribution in [3.8, 4) is 11.1 Å². The maximum Gasteiger partial charge on any atom is 0.256 e. The Morgan fingerprint density at radius 3 is 2.48 bits per heavy atom. The monoisotopic (exact) mass is 332 g/mol. The van der Waals surface area contributed by atoms with E-state index in [9.17, 15) is 4.79 Å². The van der Waals surface area contributed by atoms with Crippen LogP contribution in [-0.4, -0.2) is 17.6 Å².